The molecular weight excluding hydrogens is 356 g/mol. The summed E-state index contributed by atoms with van der Waals surface area (Å²) in [6.07, 6.45) is -0.133. The zero-order valence-electron chi connectivity index (χ0n) is 13.0. The van der Waals surface area contributed by atoms with Gasteiger partial charge in [-0.3, -0.25) is 4.79 Å². The van der Waals surface area contributed by atoms with Gasteiger partial charge < -0.3 is 9.30 Å². The van der Waals surface area contributed by atoms with Gasteiger partial charge in [0, 0.05) is 10.0 Å². The average molecular weight is 373 g/mol. The van der Waals surface area contributed by atoms with Gasteiger partial charge in [-0.25, -0.2) is 4.98 Å². The minimum atomic E-state index is -0.264. The Balaban J connectivity index is 2.10. The van der Waals surface area contributed by atoms with Crippen LogP contribution >= 0.6 is 15.9 Å². The van der Waals surface area contributed by atoms with Gasteiger partial charge in [-0.1, -0.05) is 40.2 Å². The van der Waals surface area contributed by atoms with Crippen molar-refractivity contribution in [3.05, 3.63) is 53.0 Å². The molecule has 0 saturated carbocycles. The van der Waals surface area contributed by atoms with E-state index in [0.717, 1.165) is 26.9 Å². The first-order valence-electron chi connectivity index (χ1n) is 7.45. The lowest BCUT2D eigenvalue weighted by atomic mass is 10.2. The van der Waals surface area contributed by atoms with Crippen LogP contribution in [0.2, 0.25) is 0 Å². The summed E-state index contributed by atoms with van der Waals surface area (Å²) in [5.41, 5.74) is 2.73. The number of carbonyl (C=O) groups excluding carboxylic acids is 1. The summed E-state index contributed by atoms with van der Waals surface area (Å²) in [7, 11) is 0. The maximum absolute atomic E-state index is 12.1. The third-order valence-corrected chi connectivity index (χ3v) is 3.88. The van der Waals surface area contributed by atoms with Crippen LogP contribution in [-0.2, 0) is 16.1 Å². The van der Waals surface area contributed by atoms with Crippen LogP contribution in [-0.4, -0.2) is 21.6 Å². The topological polar surface area (TPSA) is 44.1 Å². The fraction of sp³-hybridized carbons (Fsp3) is 0.222. The van der Waals surface area contributed by atoms with Crippen molar-refractivity contribution < 1.29 is 9.53 Å². The normalized spacial score (nSPS) is 11.1. The Hall–Kier alpha value is -2.14. The van der Waals surface area contributed by atoms with Gasteiger partial charge in [-0.05, 0) is 38.1 Å². The highest BCUT2D eigenvalue weighted by Crippen LogP contribution is 2.26. The van der Waals surface area contributed by atoms with Crippen molar-refractivity contribution in [1.29, 1.82) is 0 Å². The SMILES string of the molecule is CC(C)OC(=O)Cn1c(-c2cccc(Br)c2)nc2ccccc21. The first-order valence-corrected chi connectivity index (χ1v) is 8.24. The van der Waals surface area contributed by atoms with Crippen molar-refractivity contribution in [1.82, 2.24) is 9.55 Å². The van der Waals surface area contributed by atoms with E-state index in [-0.39, 0.29) is 18.6 Å². The minimum absolute atomic E-state index is 0.133. The lowest BCUT2D eigenvalue weighted by Crippen LogP contribution is -2.18. The fourth-order valence-corrected chi connectivity index (χ4v) is 2.91. The van der Waals surface area contributed by atoms with Gasteiger partial charge in [0.05, 0.1) is 17.1 Å². The van der Waals surface area contributed by atoms with E-state index in [2.05, 4.69) is 15.9 Å². The van der Waals surface area contributed by atoms with Crippen molar-refractivity contribution in [2.75, 3.05) is 0 Å². The van der Waals surface area contributed by atoms with E-state index in [1.165, 1.54) is 0 Å². The number of rotatable bonds is 4. The maximum Gasteiger partial charge on any atom is 0.326 e. The second-order valence-electron chi connectivity index (χ2n) is 5.56. The molecule has 0 atom stereocenters. The minimum Gasteiger partial charge on any atom is -0.462 e. The summed E-state index contributed by atoms with van der Waals surface area (Å²) >= 11 is 3.48. The van der Waals surface area contributed by atoms with Crippen LogP contribution in [0.15, 0.2) is 53.0 Å². The van der Waals surface area contributed by atoms with Crippen molar-refractivity contribution in [3.8, 4) is 11.4 Å². The molecule has 5 heteroatoms. The molecule has 0 N–H and O–H groups in total. The van der Waals surface area contributed by atoms with E-state index in [1.54, 1.807) is 0 Å². The molecule has 23 heavy (non-hydrogen) atoms. The van der Waals surface area contributed by atoms with Crippen LogP contribution in [0.3, 0.4) is 0 Å². The van der Waals surface area contributed by atoms with E-state index in [1.807, 2.05) is 66.9 Å². The van der Waals surface area contributed by atoms with E-state index in [0.29, 0.717) is 0 Å². The van der Waals surface area contributed by atoms with Crippen LogP contribution in [0, 0.1) is 0 Å². The summed E-state index contributed by atoms with van der Waals surface area (Å²) in [5, 5.41) is 0. The number of fused-ring (bicyclic) bond motifs is 1. The van der Waals surface area contributed by atoms with Gasteiger partial charge in [0.25, 0.3) is 0 Å². The quantitative estimate of drug-likeness (QED) is 0.636. The molecule has 118 valence electrons. The molecule has 0 aliphatic heterocycles. The molecule has 0 fully saturated rings. The summed E-state index contributed by atoms with van der Waals surface area (Å²) < 4.78 is 8.17. The molecule has 0 aliphatic rings. The number of esters is 1. The van der Waals surface area contributed by atoms with E-state index < -0.39 is 0 Å². The Kier molecular flexibility index (Phi) is 4.48. The summed E-state index contributed by atoms with van der Waals surface area (Å²) in [5.74, 6) is 0.493. The zero-order chi connectivity index (χ0) is 16.4. The van der Waals surface area contributed by atoms with Gasteiger partial charge in [0.15, 0.2) is 0 Å². The highest BCUT2D eigenvalue weighted by atomic mass is 79.9. The smallest absolute Gasteiger partial charge is 0.326 e. The molecule has 0 bridgehead atoms. The lowest BCUT2D eigenvalue weighted by molar-refractivity contribution is -0.147. The summed E-state index contributed by atoms with van der Waals surface area (Å²) in [6, 6.07) is 15.7. The largest absolute Gasteiger partial charge is 0.462 e. The first-order chi connectivity index (χ1) is 11.0. The number of hydrogen-bond donors (Lipinski definition) is 0. The number of carbonyl (C=O) groups is 1. The number of benzene rings is 2. The standard InChI is InChI=1S/C18H17BrN2O2/c1-12(2)23-17(22)11-21-16-9-4-3-8-15(16)20-18(21)13-6-5-7-14(19)10-13/h3-10,12H,11H2,1-2H3. The van der Waals surface area contributed by atoms with Crippen LogP contribution < -0.4 is 0 Å². The molecule has 3 rings (SSSR count). The van der Waals surface area contributed by atoms with Crippen LogP contribution in [0.5, 0.6) is 0 Å². The zero-order valence-corrected chi connectivity index (χ0v) is 14.6. The number of hydrogen-bond acceptors (Lipinski definition) is 3. The molecule has 4 nitrogen and oxygen atoms in total. The van der Waals surface area contributed by atoms with Crippen LogP contribution in [0.1, 0.15) is 13.8 Å². The van der Waals surface area contributed by atoms with Gasteiger partial charge in [-0.2, -0.15) is 0 Å². The number of para-hydroxylation sites is 2. The molecular formula is C18H17BrN2O2. The lowest BCUT2D eigenvalue weighted by Gasteiger charge is -2.11. The molecule has 1 heterocycles. The Morgan fingerprint density at radius 3 is 2.74 bits per heavy atom. The maximum atomic E-state index is 12.1. The van der Waals surface area contributed by atoms with E-state index in [9.17, 15) is 4.79 Å². The average Bonchev–Trinajstić information content (AvgIpc) is 2.85. The highest BCUT2D eigenvalue weighted by Gasteiger charge is 2.16. The molecule has 0 amide bonds. The van der Waals surface area contributed by atoms with Gasteiger partial charge >= 0.3 is 5.97 Å². The number of ether oxygens (including phenoxy) is 1. The molecule has 0 spiro atoms. The van der Waals surface area contributed by atoms with E-state index >= 15 is 0 Å². The Morgan fingerprint density at radius 1 is 1.22 bits per heavy atom. The Bertz CT molecular complexity index is 855. The van der Waals surface area contributed by atoms with Crippen molar-refractivity contribution in [2.24, 2.45) is 0 Å². The second kappa shape index (κ2) is 6.54. The molecule has 0 radical (unpaired) electrons. The number of halogens is 1. The molecule has 0 unspecified atom stereocenters. The predicted octanol–water partition coefficient (Wildman–Crippen LogP) is 4.42. The second-order valence-corrected chi connectivity index (χ2v) is 6.47. The summed E-state index contributed by atoms with van der Waals surface area (Å²) in [4.78, 5) is 16.8. The molecule has 0 saturated heterocycles. The van der Waals surface area contributed by atoms with Crippen LogP contribution in [0.25, 0.3) is 22.4 Å². The summed E-state index contributed by atoms with van der Waals surface area (Å²) in [6.45, 7) is 3.83. The molecule has 1 aromatic heterocycles. The number of aromatic nitrogens is 2. The number of nitrogens with zero attached hydrogens (tertiary/aromatic N) is 2. The van der Waals surface area contributed by atoms with Crippen molar-refractivity contribution in [2.45, 2.75) is 26.5 Å². The third kappa shape index (κ3) is 3.45. The Labute approximate surface area is 143 Å². The van der Waals surface area contributed by atoms with E-state index in [4.69, 9.17) is 9.72 Å². The molecule has 0 aliphatic carbocycles. The molecule has 2 aromatic carbocycles. The first kappa shape index (κ1) is 15.7. The predicted molar refractivity (Wildman–Crippen MR) is 94.1 cm³/mol. The number of imidazole rings is 1. The molecule has 3 aromatic rings. The van der Waals surface area contributed by atoms with Gasteiger partial charge in [-0.15, -0.1) is 0 Å². The fourth-order valence-electron chi connectivity index (χ4n) is 2.51. The highest BCUT2D eigenvalue weighted by molar-refractivity contribution is 9.10. The van der Waals surface area contributed by atoms with Crippen LogP contribution in [0.4, 0.5) is 0 Å². The van der Waals surface area contributed by atoms with Crippen molar-refractivity contribution in [3.63, 3.8) is 0 Å². The van der Waals surface area contributed by atoms with Gasteiger partial charge in [0.1, 0.15) is 12.4 Å². The third-order valence-electron chi connectivity index (χ3n) is 3.39. The Morgan fingerprint density at radius 2 is 2.00 bits per heavy atom. The van der Waals surface area contributed by atoms with Crippen molar-refractivity contribution >= 4 is 32.9 Å². The van der Waals surface area contributed by atoms with Gasteiger partial charge in [0.2, 0.25) is 0 Å². The monoisotopic (exact) mass is 372 g/mol.